The van der Waals surface area contributed by atoms with Crippen LogP contribution in [-0.2, 0) is 0 Å². The van der Waals surface area contributed by atoms with Crippen molar-refractivity contribution in [2.75, 3.05) is 0 Å². The normalized spacial score (nSPS) is 10.3. The van der Waals surface area contributed by atoms with Crippen LogP contribution in [0.25, 0.3) is 10.8 Å². The average molecular weight is 326 g/mol. The van der Waals surface area contributed by atoms with Gasteiger partial charge in [0.1, 0.15) is 11.5 Å². The number of rotatable bonds is 3. The van der Waals surface area contributed by atoms with Gasteiger partial charge >= 0.3 is 0 Å². The second-order valence-electron chi connectivity index (χ2n) is 4.62. The molecule has 0 unspecified atom stereocenters. The quantitative estimate of drug-likeness (QED) is 0.524. The first-order chi connectivity index (χ1) is 11.1. The predicted octanol–water partition coefficient (Wildman–Crippen LogP) is 4.46. The van der Waals surface area contributed by atoms with Crippen LogP contribution in [-0.4, -0.2) is 9.91 Å². The second-order valence-corrected chi connectivity index (χ2v) is 5.03. The highest BCUT2D eigenvalue weighted by atomic mass is 35.5. The average Bonchev–Trinajstić information content (AvgIpc) is 2.56. The van der Waals surface area contributed by atoms with Crippen LogP contribution < -0.4 is 4.74 Å². The number of hydrogen-bond donors (Lipinski definition) is 0. The molecule has 0 fully saturated rings. The molecule has 1 aromatic heterocycles. The number of nitro groups is 1. The van der Waals surface area contributed by atoms with E-state index < -0.39 is 4.92 Å². The maximum absolute atomic E-state index is 11.1. The van der Waals surface area contributed by atoms with Gasteiger partial charge in [-0.1, -0.05) is 11.6 Å². The van der Waals surface area contributed by atoms with Crippen LogP contribution in [0, 0.1) is 21.4 Å². The summed E-state index contributed by atoms with van der Waals surface area (Å²) >= 11 is 6.09. The molecule has 23 heavy (non-hydrogen) atoms. The van der Waals surface area contributed by atoms with Gasteiger partial charge < -0.3 is 4.74 Å². The van der Waals surface area contributed by atoms with Gasteiger partial charge in [-0.05, 0) is 30.3 Å². The fourth-order valence-corrected chi connectivity index (χ4v) is 2.39. The summed E-state index contributed by atoms with van der Waals surface area (Å²) in [6, 6.07) is 11.1. The van der Waals surface area contributed by atoms with Crippen LogP contribution in [0.4, 0.5) is 5.69 Å². The van der Waals surface area contributed by atoms with Crippen molar-refractivity contribution in [2.24, 2.45) is 0 Å². The molecule has 2 aromatic carbocycles. The molecule has 6 nitrogen and oxygen atoms in total. The molecule has 0 atom stereocenters. The van der Waals surface area contributed by atoms with E-state index in [1.165, 1.54) is 30.6 Å². The lowest BCUT2D eigenvalue weighted by Crippen LogP contribution is -1.93. The molecular weight excluding hydrogens is 318 g/mol. The van der Waals surface area contributed by atoms with Gasteiger partial charge in [0.05, 0.1) is 27.0 Å². The maximum Gasteiger partial charge on any atom is 0.279 e. The molecule has 7 heteroatoms. The minimum absolute atomic E-state index is 0.0497. The van der Waals surface area contributed by atoms with E-state index in [4.69, 9.17) is 21.6 Å². The molecule has 3 rings (SSSR count). The summed E-state index contributed by atoms with van der Waals surface area (Å²) in [7, 11) is 0. The van der Waals surface area contributed by atoms with Gasteiger partial charge in [0.15, 0.2) is 0 Å². The van der Waals surface area contributed by atoms with Gasteiger partial charge in [0, 0.05) is 23.8 Å². The lowest BCUT2D eigenvalue weighted by Gasteiger charge is -2.10. The number of fused-ring (bicyclic) bond motifs is 1. The van der Waals surface area contributed by atoms with Gasteiger partial charge in [-0.15, -0.1) is 0 Å². The molecule has 0 saturated heterocycles. The van der Waals surface area contributed by atoms with E-state index in [2.05, 4.69) is 4.98 Å². The third kappa shape index (κ3) is 2.78. The molecule has 0 aliphatic rings. The van der Waals surface area contributed by atoms with Crippen molar-refractivity contribution in [3.63, 3.8) is 0 Å². The number of ether oxygens (including phenoxy) is 1. The van der Waals surface area contributed by atoms with Crippen LogP contribution >= 0.6 is 11.6 Å². The Hall–Kier alpha value is -3.17. The SMILES string of the molecule is N#Cc1ccc(Oc2ccc([N+](=O)[O-])c3cnccc23)c(Cl)c1. The molecule has 112 valence electrons. The van der Waals surface area contributed by atoms with Gasteiger partial charge in [-0.3, -0.25) is 15.1 Å². The van der Waals surface area contributed by atoms with Gasteiger partial charge in [-0.2, -0.15) is 5.26 Å². The number of benzene rings is 2. The summed E-state index contributed by atoms with van der Waals surface area (Å²) in [5.41, 5.74) is 0.367. The number of hydrogen-bond acceptors (Lipinski definition) is 5. The lowest BCUT2D eigenvalue weighted by molar-refractivity contribution is -0.383. The van der Waals surface area contributed by atoms with E-state index in [-0.39, 0.29) is 10.7 Å². The van der Waals surface area contributed by atoms with Crippen LogP contribution in [0.2, 0.25) is 5.02 Å². The Morgan fingerprint density at radius 1 is 1.17 bits per heavy atom. The number of non-ortho nitro benzene ring substituents is 1. The van der Waals surface area contributed by atoms with Crippen molar-refractivity contribution in [1.29, 1.82) is 5.26 Å². The number of halogens is 1. The summed E-state index contributed by atoms with van der Waals surface area (Å²) in [6.45, 7) is 0. The predicted molar refractivity (Wildman–Crippen MR) is 84.6 cm³/mol. The van der Waals surface area contributed by atoms with Crippen LogP contribution in [0.5, 0.6) is 11.5 Å². The number of nitriles is 1. The molecule has 0 radical (unpaired) electrons. The highest BCUT2D eigenvalue weighted by Gasteiger charge is 2.16. The summed E-state index contributed by atoms with van der Waals surface area (Å²) in [5.74, 6) is 0.775. The van der Waals surface area contributed by atoms with E-state index in [0.717, 1.165) is 0 Å². The van der Waals surface area contributed by atoms with E-state index in [1.54, 1.807) is 18.2 Å². The van der Waals surface area contributed by atoms with Crippen molar-refractivity contribution in [2.45, 2.75) is 0 Å². The third-order valence-electron chi connectivity index (χ3n) is 3.23. The minimum Gasteiger partial charge on any atom is -0.455 e. The zero-order valence-corrected chi connectivity index (χ0v) is 12.3. The number of pyridine rings is 1. The first kappa shape index (κ1) is 14.8. The highest BCUT2D eigenvalue weighted by Crippen LogP contribution is 2.37. The Kier molecular flexibility index (Phi) is 3.79. The molecule has 0 saturated carbocycles. The summed E-state index contributed by atoms with van der Waals surface area (Å²) in [4.78, 5) is 14.5. The third-order valence-corrected chi connectivity index (χ3v) is 3.53. The molecule has 0 spiro atoms. The Labute approximate surface area is 135 Å². The minimum atomic E-state index is -0.470. The topological polar surface area (TPSA) is 89.0 Å². The van der Waals surface area contributed by atoms with Crippen molar-refractivity contribution in [3.05, 3.63) is 69.5 Å². The molecule has 1 heterocycles. The Bertz CT molecular complexity index is 966. The second kappa shape index (κ2) is 5.91. The molecule has 0 aliphatic heterocycles. The van der Waals surface area contributed by atoms with E-state index in [9.17, 15) is 10.1 Å². The molecule has 0 aliphatic carbocycles. The van der Waals surface area contributed by atoms with Crippen LogP contribution in [0.15, 0.2) is 48.8 Å². The van der Waals surface area contributed by atoms with Gasteiger partial charge in [-0.25, -0.2) is 0 Å². The Balaban J connectivity index is 2.10. The molecular formula is C16H8ClN3O3. The zero-order valence-electron chi connectivity index (χ0n) is 11.6. The molecule has 0 N–H and O–H groups in total. The highest BCUT2D eigenvalue weighted by molar-refractivity contribution is 6.32. The Morgan fingerprint density at radius 3 is 2.65 bits per heavy atom. The van der Waals surface area contributed by atoms with Crippen molar-refractivity contribution in [3.8, 4) is 17.6 Å². The standard InChI is InChI=1S/C16H8ClN3O3/c17-13-7-10(8-18)1-3-16(13)23-15-4-2-14(20(21)22)12-9-19-6-5-11(12)15/h1-7,9H. The number of nitro benzene ring substituents is 1. The first-order valence-corrected chi connectivity index (χ1v) is 6.86. The van der Waals surface area contributed by atoms with Crippen LogP contribution in [0.3, 0.4) is 0 Å². The first-order valence-electron chi connectivity index (χ1n) is 6.49. The van der Waals surface area contributed by atoms with E-state index in [1.807, 2.05) is 6.07 Å². The summed E-state index contributed by atoms with van der Waals surface area (Å²) in [6.07, 6.45) is 2.94. The monoisotopic (exact) mass is 325 g/mol. The van der Waals surface area contributed by atoms with Crippen molar-refractivity contribution < 1.29 is 9.66 Å². The smallest absolute Gasteiger partial charge is 0.279 e. The number of aromatic nitrogens is 1. The fourth-order valence-electron chi connectivity index (χ4n) is 2.17. The van der Waals surface area contributed by atoms with E-state index >= 15 is 0 Å². The maximum atomic E-state index is 11.1. The summed E-state index contributed by atoms with van der Waals surface area (Å²) in [5, 5.41) is 21.1. The number of nitrogens with zero attached hydrogens (tertiary/aromatic N) is 3. The molecule has 0 bridgehead atoms. The molecule has 0 amide bonds. The van der Waals surface area contributed by atoms with Crippen molar-refractivity contribution in [1.82, 2.24) is 4.98 Å². The summed E-state index contributed by atoms with van der Waals surface area (Å²) < 4.78 is 5.76. The zero-order chi connectivity index (χ0) is 16.4. The van der Waals surface area contributed by atoms with Crippen molar-refractivity contribution >= 4 is 28.1 Å². The lowest BCUT2D eigenvalue weighted by atomic mass is 10.1. The van der Waals surface area contributed by atoms with Crippen LogP contribution in [0.1, 0.15) is 5.56 Å². The van der Waals surface area contributed by atoms with E-state index in [0.29, 0.717) is 27.8 Å². The van der Waals surface area contributed by atoms with Gasteiger partial charge in [0.2, 0.25) is 0 Å². The largest absolute Gasteiger partial charge is 0.455 e. The van der Waals surface area contributed by atoms with Gasteiger partial charge in [0.25, 0.3) is 5.69 Å². The Morgan fingerprint density at radius 2 is 1.96 bits per heavy atom. The molecule has 3 aromatic rings. The fraction of sp³-hybridized carbons (Fsp3) is 0.